The Balaban J connectivity index is 1.45. The van der Waals surface area contributed by atoms with Gasteiger partial charge in [-0.25, -0.2) is 22.0 Å². The van der Waals surface area contributed by atoms with Gasteiger partial charge in [-0.2, -0.15) is 0 Å². The van der Waals surface area contributed by atoms with E-state index in [0.29, 0.717) is 5.02 Å². The summed E-state index contributed by atoms with van der Waals surface area (Å²) in [5, 5.41) is 4.41. The van der Waals surface area contributed by atoms with Crippen LogP contribution in [-0.2, 0) is 9.84 Å². The third-order valence-corrected chi connectivity index (χ3v) is 7.75. The van der Waals surface area contributed by atoms with Gasteiger partial charge in [-0.1, -0.05) is 40.9 Å². The van der Waals surface area contributed by atoms with E-state index in [2.05, 4.69) is 5.32 Å². The molecule has 2 N–H and O–H groups in total. The van der Waals surface area contributed by atoms with Crippen LogP contribution in [0.2, 0.25) is 15.1 Å². The van der Waals surface area contributed by atoms with Gasteiger partial charge in [0.25, 0.3) is 5.91 Å². The Bertz CT molecular complexity index is 1640. The van der Waals surface area contributed by atoms with Crippen molar-refractivity contribution in [1.29, 1.82) is 0 Å². The molecule has 0 saturated carbocycles. The van der Waals surface area contributed by atoms with Gasteiger partial charge in [-0.05, 0) is 72.8 Å². The number of carbonyl (C=O) groups is 2. The van der Waals surface area contributed by atoms with Crippen molar-refractivity contribution < 1.29 is 31.5 Å². The number of sulfone groups is 1. The van der Waals surface area contributed by atoms with E-state index >= 15 is 0 Å². The van der Waals surface area contributed by atoms with E-state index in [0.717, 1.165) is 18.2 Å². The molecule has 0 radical (unpaired) electrons. The summed E-state index contributed by atoms with van der Waals surface area (Å²) >= 11 is 18.3. The summed E-state index contributed by atoms with van der Waals surface area (Å²) in [4.78, 5) is 24.4. The lowest BCUT2D eigenvalue weighted by Crippen LogP contribution is -2.35. The molecule has 0 bridgehead atoms. The van der Waals surface area contributed by atoms with Gasteiger partial charge in [0.15, 0.2) is 5.75 Å². The molecule has 0 aromatic heterocycles. The minimum absolute atomic E-state index is 0.00195. The van der Waals surface area contributed by atoms with Crippen LogP contribution in [0.5, 0.6) is 11.5 Å². The van der Waals surface area contributed by atoms with Crippen LogP contribution in [0, 0.1) is 11.6 Å². The van der Waals surface area contributed by atoms with Gasteiger partial charge >= 0.3 is 6.03 Å². The number of carbonyl (C=O) groups excluding carboxylic acids is 2. The fourth-order valence-corrected chi connectivity index (χ4v) is 5.28. The number of rotatable bonds is 6. The second-order valence-corrected chi connectivity index (χ2v) is 11.0. The third kappa shape index (κ3) is 6.48. The van der Waals surface area contributed by atoms with E-state index in [1.165, 1.54) is 60.7 Å². The van der Waals surface area contributed by atoms with E-state index in [-0.39, 0.29) is 37.0 Å². The van der Waals surface area contributed by atoms with Crippen LogP contribution in [0.1, 0.15) is 10.4 Å². The van der Waals surface area contributed by atoms with Crippen molar-refractivity contribution in [3.05, 3.63) is 111 Å². The molecule has 0 heterocycles. The molecule has 4 aromatic rings. The smallest absolute Gasteiger partial charge is 0.326 e. The van der Waals surface area contributed by atoms with Crippen LogP contribution in [0.4, 0.5) is 19.3 Å². The van der Waals surface area contributed by atoms with Gasteiger partial charge in [0.1, 0.15) is 22.9 Å². The molecular weight excluding hydrogens is 597 g/mol. The Morgan fingerprint density at radius 2 is 1.28 bits per heavy atom. The van der Waals surface area contributed by atoms with Gasteiger partial charge in [0.05, 0.1) is 19.8 Å². The van der Waals surface area contributed by atoms with Crippen molar-refractivity contribution in [1.82, 2.24) is 5.32 Å². The minimum Gasteiger partial charge on any atom is -0.454 e. The predicted octanol–water partition coefficient (Wildman–Crippen LogP) is 7.51. The van der Waals surface area contributed by atoms with Crippen LogP contribution < -0.4 is 15.4 Å². The normalized spacial score (nSPS) is 11.1. The van der Waals surface area contributed by atoms with Crippen molar-refractivity contribution in [3.8, 4) is 11.5 Å². The molecule has 7 nitrogen and oxygen atoms in total. The van der Waals surface area contributed by atoms with Gasteiger partial charge < -0.3 is 10.1 Å². The highest BCUT2D eigenvalue weighted by atomic mass is 35.5. The first kappa shape index (κ1) is 28.3. The molecule has 13 heteroatoms. The third-order valence-electron chi connectivity index (χ3n) is 5.15. The second kappa shape index (κ2) is 11.6. The van der Waals surface area contributed by atoms with Crippen LogP contribution in [0.15, 0.2) is 88.7 Å². The molecule has 0 fully saturated rings. The van der Waals surface area contributed by atoms with Crippen molar-refractivity contribution in [2.75, 3.05) is 5.32 Å². The molecule has 0 aliphatic rings. The number of ether oxygens (including phenoxy) is 1. The summed E-state index contributed by atoms with van der Waals surface area (Å²) in [6, 6.07) is 15.5. The van der Waals surface area contributed by atoms with Gasteiger partial charge in [-0.15, -0.1) is 0 Å². The molecule has 0 atom stereocenters. The lowest BCUT2D eigenvalue weighted by atomic mass is 10.2. The van der Waals surface area contributed by atoms with Gasteiger partial charge in [0.2, 0.25) is 9.84 Å². The van der Waals surface area contributed by atoms with Gasteiger partial charge in [-0.3, -0.25) is 10.1 Å². The molecule has 0 aliphatic carbocycles. The number of hydrogen-bond donors (Lipinski definition) is 2. The highest BCUT2D eigenvalue weighted by molar-refractivity contribution is 7.91. The van der Waals surface area contributed by atoms with Crippen molar-refractivity contribution in [2.24, 2.45) is 0 Å². The van der Waals surface area contributed by atoms with Crippen molar-refractivity contribution >= 4 is 62.3 Å². The van der Waals surface area contributed by atoms with E-state index in [1.807, 2.05) is 5.32 Å². The largest absolute Gasteiger partial charge is 0.454 e. The van der Waals surface area contributed by atoms with E-state index < -0.39 is 39.0 Å². The van der Waals surface area contributed by atoms with E-state index in [1.54, 1.807) is 0 Å². The zero-order chi connectivity index (χ0) is 28.3. The van der Waals surface area contributed by atoms with Crippen LogP contribution >= 0.6 is 34.8 Å². The standard InChI is InChI=1S/C26H15Cl3F2N2O5S/c27-14-4-8-17(9-5-14)39(36,37)18-10-6-16(7-11-18)38-24-19(28)12-15(13-20(24)29)32-26(35)33-25(34)23-21(30)2-1-3-22(23)31/h1-13H,(H2,32,33,34,35). The Kier molecular flexibility index (Phi) is 8.41. The maximum Gasteiger partial charge on any atom is 0.326 e. The maximum atomic E-state index is 13.8. The van der Waals surface area contributed by atoms with Crippen LogP contribution in [0.25, 0.3) is 0 Å². The minimum atomic E-state index is -3.79. The highest BCUT2D eigenvalue weighted by Crippen LogP contribution is 2.39. The Hall–Kier alpha value is -3.70. The number of imide groups is 1. The van der Waals surface area contributed by atoms with Crippen LogP contribution in [-0.4, -0.2) is 20.4 Å². The van der Waals surface area contributed by atoms with Gasteiger partial charge in [0, 0.05) is 10.7 Å². The Labute approximate surface area is 236 Å². The first-order valence-corrected chi connectivity index (χ1v) is 13.4. The topological polar surface area (TPSA) is 102 Å². The molecule has 0 aliphatic heterocycles. The number of amides is 3. The molecule has 39 heavy (non-hydrogen) atoms. The molecule has 0 spiro atoms. The SMILES string of the molecule is O=C(NC(=O)c1c(F)cccc1F)Nc1cc(Cl)c(Oc2ccc(S(=O)(=O)c3ccc(Cl)cc3)cc2)c(Cl)c1. The second-order valence-electron chi connectivity index (χ2n) is 7.80. The molecule has 4 rings (SSSR count). The summed E-state index contributed by atoms with van der Waals surface area (Å²) < 4.78 is 58.8. The number of nitrogens with one attached hydrogen (secondary N) is 2. The monoisotopic (exact) mass is 610 g/mol. The number of benzene rings is 4. The van der Waals surface area contributed by atoms with Crippen molar-refractivity contribution in [2.45, 2.75) is 9.79 Å². The summed E-state index contributed by atoms with van der Waals surface area (Å²) in [5.74, 6) is -3.35. The summed E-state index contributed by atoms with van der Waals surface area (Å²) in [7, 11) is -3.79. The van der Waals surface area contributed by atoms with E-state index in [4.69, 9.17) is 39.5 Å². The molecule has 0 saturated heterocycles. The van der Waals surface area contributed by atoms with Crippen molar-refractivity contribution in [3.63, 3.8) is 0 Å². The summed E-state index contributed by atoms with van der Waals surface area (Å²) in [6.45, 7) is 0. The zero-order valence-electron chi connectivity index (χ0n) is 19.3. The quantitative estimate of drug-likeness (QED) is 0.235. The number of anilines is 1. The molecule has 4 aromatic carbocycles. The molecule has 3 amide bonds. The highest BCUT2D eigenvalue weighted by Gasteiger charge is 2.21. The summed E-state index contributed by atoms with van der Waals surface area (Å²) in [5.41, 5.74) is -0.875. The van der Waals surface area contributed by atoms with E-state index in [9.17, 15) is 26.8 Å². The fourth-order valence-electron chi connectivity index (χ4n) is 3.33. The first-order valence-electron chi connectivity index (χ1n) is 10.8. The molecule has 200 valence electrons. The number of halogens is 5. The zero-order valence-corrected chi connectivity index (χ0v) is 22.4. The Morgan fingerprint density at radius 1 is 0.769 bits per heavy atom. The number of hydrogen-bond acceptors (Lipinski definition) is 5. The predicted molar refractivity (Wildman–Crippen MR) is 143 cm³/mol. The first-order chi connectivity index (χ1) is 18.5. The Morgan fingerprint density at radius 3 is 1.82 bits per heavy atom. The average Bonchev–Trinajstić information content (AvgIpc) is 2.86. The summed E-state index contributed by atoms with van der Waals surface area (Å²) in [6.07, 6.45) is 0. The lowest BCUT2D eigenvalue weighted by molar-refractivity contribution is 0.0959. The maximum absolute atomic E-state index is 13.8. The molecule has 0 unspecified atom stereocenters. The average molecular weight is 612 g/mol. The molecular formula is C26H15Cl3F2N2O5S. The van der Waals surface area contributed by atoms with Crippen LogP contribution in [0.3, 0.4) is 0 Å². The fraction of sp³-hybridized carbons (Fsp3) is 0. The lowest BCUT2D eigenvalue weighted by Gasteiger charge is -2.13. The number of urea groups is 1.